The van der Waals surface area contributed by atoms with E-state index in [-0.39, 0.29) is 13.2 Å². The minimum Gasteiger partial charge on any atom is -0.465 e. The van der Waals surface area contributed by atoms with Crippen LogP contribution in [0.1, 0.15) is 39.2 Å². The molecule has 1 aromatic rings. The molecule has 1 aromatic carbocycles. The fourth-order valence-electron chi connectivity index (χ4n) is 3.11. The molecule has 2 atom stereocenters. The average molecular weight is 398 g/mol. The van der Waals surface area contributed by atoms with Gasteiger partial charge in [-0.15, -0.1) is 0 Å². The third-order valence-corrected chi connectivity index (χ3v) is 4.91. The molecule has 0 saturated heterocycles. The molecular formula is C19H21Cl2NO4. The average Bonchev–Trinajstić information content (AvgIpc) is 2.57. The summed E-state index contributed by atoms with van der Waals surface area (Å²) in [4.78, 5) is 29.7. The number of carbonyl (C=O) groups excluding carboxylic acids is 2. The van der Waals surface area contributed by atoms with Crippen LogP contribution in [0, 0.1) is 5.92 Å². The number of ether oxygens (including phenoxy) is 2. The zero-order valence-corrected chi connectivity index (χ0v) is 16.6. The molecule has 0 saturated carbocycles. The van der Waals surface area contributed by atoms with E-state index in [1.165, 1.54) is 0 Å². The normalized spacial score (nSPS) is 19.8. The zero-order valence-electron chi connectivity index (χ0n) is 15.1. The van der Waals surface area contributed by atoms with E-state index in [9.17, 15) is 9.59 Å². The Balaban J connectivity index is 2.65. The van der Waals surface area contributed by atoms with Crippen LogP contribution in [0.5, 0.6) is 0 Å². The predicted molar refractivity (Wildman–Crippen MR) is 102 cm³/mol. The maximum Gasteiger partial charge on any atom is 0.336 e. The highest BCUT2D eigenvalue weighted by atomic mass is 35.5. The van der Waals surface area contributed by atoms with Gasteiger partial charge in [-0.1, -0.05) is 29.3 Å². The Labute approximate surface area is 163 Å². The van der Waals surface area contributed by atoms with E-state index in [4.69, 9.17) is 32.7 Å². The van der Waals surface area contributed by atoms with Crippen LogP contribution in [0.3, 0.4) is 0 Å². The summed E-state index contributed by atoms with van der Waals surface area (Å²) in [7, 11) is 0. The number of carbonyl (C=O) groups is 2. The van der Waals surface area contributed by atoms with Crippen LogP contribution in [-0.4, -0.2) is 30.9 Å². The Bertz CT molecular complexity index is 786. The summed E-state index contributed by atoms with van der Waals surface area (Å²) in [5.74, 6) is -2.30. The van der Waals surface area contributed by atoms with Gasteiger partial charge in [0.2, 0.25) is 0 Å². The van der Waals surface area contributed by atoms with Crippen molar-refractivity contribution in [2.45, 2.75) is 33.6 Å². The van der Waals surface area contributed by atoms with E-state index in [0.29, 0.717) is 32.6 Å². The molecule has 2 rings (SSSR count). The molecule has 0 fully saturated rings. The van der Waals surface area contributed by atoms with Crippen LogP contribution in [0.2, 0.25) is 10.0 Å². The summed E-state index contributed by atoms with van der Waals surface area (Å²) in [6.45, 7) is 7.38. The van der Waals surface area contributed by atoms with E-state index in [1.807, 2.05) is 0 Å². The third kappa shape index (κ3) is 4.10. The molecule has 0 radical (unpaired) electrons. The summed E-state index contributed by atoms with van der Waals surface area (Å²) in [6.07, 6.45) is 0. The first-order valence-electron chi connectivity index (χ1n) is 8.36. The van der Waals surface area contributed by atoms with Gasteiger partial charge in [-0.2, -0.15) is 0 Å². The molecule has 0 amide bonds. The molecule has 2 unspecified atom stereocenters. The van der Waals surface area contributed by atoms with Crippen LogP contribution < -0.4 is 0 Å². The van der Waals surface area contributed by atoms with E-state index in [0.717, 1.165) is 0 Å². The number of halogens is 2. The van der Waals surface area contributed by atoms with Gasteiger partial charge >= 0.3 is 11.9 Å². The number of rotatable bonds is 5. The smallest absolute Gasteiger partial charge is 0.336 e. The number of hydrogen-bond donors (Lipinski definition) is 0. The number of hydrogen-bond acceptors (Lipinski definition) is 5. The summed E-state index contributed by atoms with van der Waals surface area (Å²) in [6, 6.07) is 5.04. The molecule has 1 aliphatic rings. The van der Waals surface area contributed by atoms with E-state index in [1.54, 1.807) is 45.9 Å². The van der Waals surface area contributed by atoms with E-state index >= 15 is 0 Å². The Morgan fingerprint density at radius 3 is 2.31 bits per heavy atom. The topological polar surface area (TPSA) is 65.0 Å². The third-order valence-electron chi connectivity index (χ3n) is 4.17. The maximum atomic E-state index is 12.6. The van der Waals surface area contributed by atoms with Gasteiger partial charge in [0.15, 0.2) is 0 Å². The summed E-state index contributed by atoms with van der Waals surface area (Å²) < 4.78 is 10.4. The predicted octanol–water partition coefficient (Wildman–Crippen LogP) is 4.57. The Kier molecular flexibility index (Phi) is 6.84. The Morgan fingerprint density at radius 2 is 1.73 bits per heavy atom. The number of allylic oxidation sites excluding steroid dienone is 1. The summed E-state index contributed by atoms with van der Waals surface area (Å²) in [5, 5.41) is 0.732. The standard InChI is InChI=1S/C19H21Cl2NO4/c1-5-25-18(23)15-10(3)22-11(4)16(19(24)26-6-2)17(15)12-7-8-13(20)14(21)9-12/h7-9,15,17H,5-6H2,1-4H3. The van der Waals surface area contributed by atoms with Crippen molar-refractivity contribution in [3.8, 4) is 0 Å². The van der Waals surface area contributed by atoms with Gasteiger partial charge in [-0.05, 0) is 45.4 Å². The number of benzene rings is 1. The number of aliphatic imine (C=N–C) groups is 1. The number of nitrogens with zero attached hydrogens (tertiary/aromatic N) is 1. The van der Waals surface area contributed by atoms with Crippen LogP contribution in [-0.2, 0) is 19.1 Å². The molecule has 0 spiro atoms. The minimum atomic E-state index is -0.740. The lowest BCUT2D eigenvalue weighted by atomic mass is 9.75. The molecule has 1 heterocycles. The molecule has 0 N–H and O–H groups in total. The van der Waals surface area contributed by atoms with Gasteiger partial charge in [-0.25, -0.2) is 4.79 Å². The van der Waals surface area contributed by atoms with Crippen molar-refractivity contribution in [2.24, 2.45) is 10.9 Å². The fourth-order valence-corrected chi connectivity index (χ4v) is 3.42. The van der Waals surface area contributed by atoms with Gasteiger partial charge in [-0.3, -0.25) is 9.79 Å². The van der Waals surface area contributed by atoms with Crippen LogP contribution in [0.15, 0.2) is 34.5 Å². The van der Waals surface area contributed by atoms with Crippen LogP contribution in [0.25, 0.3) is 0 Å². The van der Waals surface area contributed by atoms with Gasteiger partial charge < -0.3 is 9.47 Å². The molecule has 1 aliphatic heterocycles. The second-order valence-corrected chi connectivity index (χ2v) is 6.67. The first kappa shape index (κ1) is 20.5. The monoisotopic (exact) mass is 397 g/mol. The molecule has 0 aliphatic carbocycles. The van der Waals surface area contributed by atoms with Crippen LogP contribution >= 0.6 is 23.2 Å². The second-order valence-electron chi connectivity index (χ2n) is 5.85. The molecule has 140 valence electrons. The molecule has 0 bridgehead atoms. The lowest BCUT2D eigenvalue weighted by Gasteiger charge is -2.31. The largest absolute Gasteiger partial charge is 0.465 e. The molecule has 26 heavy (non-hydrogen) atoms. The summed E-state index contributed by atoms with van der Waals surface area (Å²) >= 11 is 12.2. The van der Waals surface area contributed by atoms with Crippen molar-refractivity contribution in [3.63, 3.8) is 0 Å². The van der Waals surface area contributed by atoms with Gasteiger partial charge in [0.05, 0.1) is 28.8 Å². The highest BCUT2D eigenvalue weighted by Crippen LogP contribution is 2.41. The van der Waals surface area contributed by atoms with Gasteiger partial charge in [0.25, 0.3) is 0 Å². The van der Waals surface area contributed by atoms with Crippen LogP contribution in [0.4, 0.5) is 0 Å². The highest BCUT2D eigenvalue weighted by Gasteiger charge is 2.42. The Morgan fingerprint density at radius 1 is 1.08 bits per heavy atom. The Hall–Kier alpha value is -1.85. The molecule has 5 nitrogen and oxygen atoms in total. The van der Waals surface area contributed by atoms with Crippen molar-refractivity contribution in [2.75, 3.05) is 13.2 Å². The second kappa shape index (κ2) is 8.69. The van der Waals surface area contributed by atoms with Gasteiger partial charge in [0.1, 0.15) is 5.92 Å². The lowest BCUT2D eigenvalue weighted by Crippen LogP contribution is -2.36. The van der Waals surface area contributed by atoms with Crippen molar-refractivity contribution in [1.29, 1.82) is 0 Å². The summed E-state index contributed by atoms with van der Waals surface area (Å²) in [5.41, 5.74) is 2.09. The highest BCUT2D eigenvalue weighted by molar-refractivity contribution is 6.42. The van der Waals surface area contributed by atoms with Crippen molar-refractivity contribution in [1.82, 2.24) is 0 Å². The zero-order chi connectivity index (χ0) is 19.4. The van der Waals surface area contributed by atoms with E-state index < -0.39 is 23.8 Å². The van der Waals surface area contributed by atoms with Crippen molar-refractivity contribution < 1.29 is 19.1 Å². The van der Waals surface area contributed by atoms with E-state index in [2.05, 4.69) is 4.99 Å². The molecular weight excluding hydrogens is 377 g/mol. The van der Waals surface area contributed by atoms with Crippen molar-refractivity contribution in [3.05, 3.63) is 45.1 Å². The molecule has 7 heteroatoms. The maximum absolute atomic E-state index is 12.6. The lowest BCUT2D eigenvalue weighted by molar-refractivity contribution is -0.146. The van der Waals surface area contributed by atoms with Crippen molar-refractivity contribution >= 4 is 40.9 Å². The quantitative estimate of drug-likeness (QED) is 0.682. The van der Waals surface area contributed by atoms with Gasteiger partial charge in [0, 0.05) is 17.3 Å². The first-order chi connectivity index (χ1) is 12.3. The SMILES string of the molecule is CCOC(=O)C1=C(C)N=C(C)C(C(=O)OCC)C1c1ccc(Cl)c(Cl)c1. The minimum absolute atomic E-state index is 0.219. The first-order valence-corrected chi connectivity index (χ1v) is 9.12. The molecule has 0 aromatic heterocycles. The number of esters is 2. The fraction of sp³-hybridized carbons (Fsp3) is 0.421.